The number of carbonyl (C=O) groups excluding carboxylic acids is 4. The number of amides is 2. The van der Waals surface area contributed by atoms with Gasteiger partial charge in [-0.3, -0.25) is 24.1 Å². The fraction of sp³-hybridized carbons (Fsp3) is 0.118. The number of benzene rings is 6. The second-order valence-electron chi connectivity index (χ2n) is 10.4. The minimum atomic E-state index is -0.338. The summed E-state index contributed by atoms with van der Waals surface area (Å²) in [5.74, 6) is -0.754. The summed E-state index contributed by atoms with van der Waals surface area (Å²) in [5, 5.41) is 16.0. The Morgan fingerprint density at radius 2 is 1.05 bits per heavy atom. The predicted octanol–water partition coefficient (Wildman–Crippen LogP) is 6.69. The van der Waals surface area contributed by atoms with Crippen LogP contribution in [-0.2, 0) is 6.42 Å². The second kappa shape index (κ2) is 8.45. The molecule has 6 nitrogen and oxygen atoms in total. The van der Waals surface area contributed by atoms with Gasteiger partial charge in [-0.1, -0.05) is 48.5 Å². The first kappa shape index (κ1) is 24.0. The van der Waals surface area contributed by atoms with Crippen molar-refractivity contribution in [2.75, 3.05) is 6.54 Å². The number of hydrogen-bond donors (Lipinski definition) is 1. The zero-order valence-electron chi connectivity index (χ0n) is 21.9. The highest BCUT2D eigenvalue weighted by Crippen LogP contribution is 2.45. The number of rotatable bonds is 5. The van der Waals surface area contributed by atoms with Crippen molar-refractivity contribution in [2.24, 2.45) is 0 Å². The lowest BCUT2D eigenvalue weighted by molar-refractivity contribution is 0.0612. The molecule has 0 aromatic heterocycles. The van der Waals surface area contributed by atoms with Crippen molar-refractivity contribution in [3.8, 4) is 5.75 Å². The van der Waals surface area contributed by atoms with Crippen LogP contribution in [0.1, 0.15) is 60.8 Å². The molecule has 7 rings (SSSR count). The van der Waals surface area contributed by atoms with Gasteiger partial charge >= 0.3 is 0 Å². The Morgan fingerprint density at radius 1 is 0.600 bits per heavy atom. The zero-order valence-corrected chi connectivity index (χ0v) is 21.9. The van der Waals surface area contributed by atoms with Crippen LogP contribution in [0.3, 0.4) is 0 Å². The molecule has 0 spiro atoms. The fourth-order valence-corrected chi connectivity index (χ4v) is 6.32. The average molecular weight is 526 g/mol. The average Bonchev–Trinajstić information content (AvgIpc) is 2.95. The highest BCUT2D eigenvalue weighted by Gasteiger charge is 2.34. The molecule has 0 saturated heterocycles. The lowest BCUT2D eigenvalue weighted by Gasteiger charge is -2.28. The van der Waals surface area contributed by atoms with Crippen molar-refractivity contribution >= 4 is 66.5 Å². The predicted molar refractivity (Wildman–Crippen MR) is 155 cm³/mol. The second-order valence-corrected chi connectivity index (χ2v) is 10.4. The van der Waals surface area contributed by atoms with Gasteiger partial charge in [-0.25, -0.2) is 0 Å². The Morgan fingerprint density at radius 3 is 1.52 bits per heavy atom. The van der Waals surface area contributed by atoms with E-state index in [0.29, 0.717) is 39.4 Å². The number of hydrogen-bond acceptors (Lipinski definition) is 5. The number of fused-ring (bicyclic) bond motifs is 2. The quantitative estimate of drug-likeness (QED) is 0.117. The minimum absolute atomic E-state index is 0.120. The Balaban J connectivity index is 1.47. The molecule has 1 aliphatic rings. The van der Waals surface area contributed by atoms with Crippen LogP contribution in [0, 0.1) is 0 Å². The molecule has 0 atom stereocenters. The molecule has 1 heterocycles. The van der Waals surface area contributed by atoms with E-state index >= 15 is 0 Å². The lowest BCUT2D eigenvalue weighted by Crippen LogP contribution is -2.41. The van der Waals surface area contributed by atoms with Gasteiger partial charge in [0.15, 0.2) is 11.6 Å². The Labute approximate surface area is 228 Å². The largest absolute Gasteiger partial charge is 0.508 e. The lowest BCUT2D eigenvalue weighted by atomic mass is 9.82. The van der Waals surface area contributed by atoms with Crippen molar-refractivity contribution < 1.29 is 24.3 Å². The molecule has 1 N–H and O–H groups in total. The van der Waals surface area contributed by atoms with E-state index in [-0.39, 0.29) is 35.7 Å². The normalized spacial score (nSPS) is 13.3. The zero-order chi connectivity index (χ0) is 27.9. The van der Waals surface area contributed by atoms with E-state index in [0.717, 1.165) is 37.9 Å². The van der Waals surface area contributed by atoms with E-state index in [1.165, 1.54) is 18.7 Å². The Hall–Kier alpha value is -5.10. The van der Waals surface area contributed by atoms with E-state index in [4.69, 9.17) is 0 Å². The first-order valence-corrected chi connectivity index (χ1v) is 13.1. The van der Waals surface area contributed by atoms with Gasteiger partial charge in [0.1, 0.15) is 5.75 Å². The summed E-state index contributed by atoms with van der Waals surface area (Å²) < 4.78 is 0. The molecule has 6 aromatic rings. The topological polar surface area (TPSA) is 91.8 Å². The van der Waals surface area contributed by atoms with E-state index < -0.39 is 0 Å². The van der Waals surface area contributed by atoms with Gasteiger partial charge in [0, 0.05) is 39.6 Å². The molecule has 0 unspecified atom stereocenters. The van der Waals surface area contributed by atoms with Crippen molar-refractivity contribution in [3.05, 3.63) is 101 Å². The molecule has 194 valence electrons. The minimum Gasteiger partial charge on any atom is -0.508 e. The van der Waals surface area contributed by atoms with Crippen LogP contribution < -0.4 is 0 Å². The van der Waals surface area contributed by atoms with Crippen LogP contribution in [0.2, 0.25) is 0 Å². The fourth-order valence-electron chi connectivity index (χ4n) is 6.32. The number of imide groups is 1. The first-order valence-electron chi connectivity index (χ1n) is 13.1. The summed E-state index contributed by atoms with van der Waals surface area (Å²) in [6, 6.07) is 21.4. The first-order chi connectivity index (χ1) is 19.3. The smallest absolute Gasteiger partial charge is 0.261 e. The van der Waals surface area contributed by atoms with Gasteiger partial charge in [0.05, 0.1) is 0 Å². The van der Waals surface area contributed by atoms with Crippen molar-refractivity contribution in [2.45, 2.75) is 20.3 Å². The SMILES string of the molecule is CC(=O)c1ccc2c3ccc4c5c(ccc(c6ccc(C(C)=O)c1c26)c53)C(=O)N(CCc1ccc(O)cc1)C4=O. The summed E-state index contributed by atoms with van der Waals surface area (Å²) in [7, 11) is 0. The number of Topliss-reactive ketones (excluding diaryl/α,β-unsaturated/α-hetero) is 2. The third-order valence-electron chi connectivity index (χ3n) is 8.17. The highest BCUT2D eigenvalue weighted by molar-refractivity contribution is 6.40. The maximum atomic E-state index is 13.7. The molecule has 2 amide bonds. The molecule has 0 saturated carbocycles. The van der Waals surface area contributed by atoms with Gasteiger partial charge in [0.25, 0.3) is 11.8 Å². The van der Waals surface area contributed by atoms with Crippen molar-refractivity contribution in [1.82, 2.24) is 4.90 Å². The van der Waals surface area contributed by atoms with Crippen molar-refractivity contribution in [3.63, 3.8) is 0 Å². The van der Waals surface area contributed by atoms with Gasteiger partial charge in [-0.2, -0.15) is 0 Å². The Bertz CT molecular complexity index is 1990. The van der Waals surface area contributed by atoms with E-state index in [2.05, 4.69) is 0 Å². The molecule has 6 aromatic carbocycles. The van der Waals surface area contributed by atoms with Gasteiger partial charge < -0.3 is 5.11 Å². The molecule has 0 aliphatic carbocycles. The molecule has 6 heteroatoms. The summed E-state index contributed by atoms with van der Waals surface area (Å²) in [5.41, 5.74) is 2.85. The van der Waals surface area contributed by atoms with Gasteiger partial charge in [-0.15, -0.1) is 0 Å². The van der Waals surface area contributed by atoms with Crippen LogP contribution in [0.5, 0.6) is 5.75 Å². The molecule has 0 radical (unpaired) electrons. The molecular formula is C34H23NO5. The molecule has 0 fully saturated rings. The summed E-state index contributed by atoms with van der Waals surface area (Å²) >= 11 is 0. The maximum Gasteiger partial charge on any atom is 0.261 e. The third-order valence-corrected chi connectivity index (χ3v) is 8.17. The van der Waals surface area contributed by atoms with Crippen LogP contribution in [0.15, 0.2) is 72.8 Å². The summed E-state index contributed by atoms with van der Waals surface area (Å²) in [4.78, 5) is 53.8. The molecular weight excluding hydrogens is 502 g/mol. The van der Waals surface area contributed by atoms with E-state index in [1.807, 2.05) is 24.3 Å². The number of phenols is 1. The van der Waals surface area contributed by atoms with E-state index in [9.17, 15) is 24.3 Å². The summed E-state index contributed by atoms with van der Waals surface area (Å²) in [6.45, 7) is 3.22. The van der Waals surface area contributed by atoms with Crippen LogP contribution in [0.4, 0.5) is 0 Å². The third kappa shape index (κ3) is 3.22. The van der Waals surface area contributed by atoms with Crippen LogP contribution in [0.25, 0.3) is 43.1 Å². The van der Waals surface area contributed by atoms with Crippen LogP contribution >= 0.6 is 0 Å². The van der Waals surface area contributed by atoms with Crippen molar-refractivity contribution in [1.29, 1.82) is 0 Å². The number of phenolic OH excluding ortho intramolecular Hbond substituents is 1. The molecule has 1 aliphatic heterocycles. The molecule has 40 heavy (non-hydrogen) atoms. The van der Waals surface area contributed by atoms with Gasteiger partial charge in [0.2, 0.25) is 0 Å². The van der Waals surface area contributed by atoms with Crippen LogP contribution in [-0.4, -0.2) is 39.9 Å². The highest BCUT2D eigenvalue weighted by atomic mass is 16.3. The number of aromatic hydroxyl groups is 1. The monoisotopic (exact) mass is 525 g/mol. The standard InChI is InChI=1S/C34H23NO5/c1-17(36)21-7-9-23-25-11-13-27-32-28(34(40)35(33(27)39)16-15-19-3-5-20(38)6-4-19)14-12-26(31(25)32)24-10-8-22(18(2)37)29(21)30(23)24/h3-14,38H,15-16H2,1-2H3. The maximum absolute atomic E-state index is 13.7. The number of ketones is 2. The number of nitrogens with zero attached hydrogens (tertiary/aromatic N) is 1. The Kier molecular flexibility index (Phi) is 5.06. The molecule has 0 bridgehead atoms. The van der Waals surface area contributed by atoms with E-state index in [1.54, 1.807) is 48.5 Å². The summed E-state index contributed by atoms with van der Waals surface area (Å²) in [6.07, 6.45) is 0.471. The van der Waals surface area contributed by atoms with Gasteiger partial charge in [-0.05, 0) is 82.4 Å². The number of carbonyl (C=O) groups is 4.